The van der Waals surface area contributed by atoms with Gasteiger partial charge >= 0.3 is 0 Å². The summed E-state index contributed by atoms with van der Waals surface area (Å²) >= 11 is 1.38. The molecule has 2 heterocycles. The predicted octanol–water partition coefficient (Wildman–Crippen LogP) is 1.16. The van der Waals surface area contributed by atoms with Crippen LogP contribution in [0.5, 0.6) is 0 Å². The molecule has 1 N–H and O–H groups in total. The van der Waals surface area contributed by atoms with Crippen LogP contribution in [0.4, 0.5) is 0 Å². The third-order valence-corrected chi connectivity index (χ3v) is 3.10. The molecule has 2 rings (SSSR count). The van der Waals surface area contributed by atoms with Crippen molar-refractivity contribution in [3.8, 4) is 0 Å². The van der Waals surface area contributed by atoms with Crippen molar-refractivity contribution in [2.45, 2.75) is 23.8 Å². The number of imidazole rings is 1. The summed E-state index contributed by atoms with van der Waals surface area (Å²) < 4.78 is 1.83. The van der Waals surface area contributed by atoms with Crippen LogP contribution in [0.15, 0.2) is 28.8 Å². The van der Waals surface area contributed by atoms with Crippen LogP contribution in [0.1, 0.15) is 11.4 Å². The van der Waals surface area contributed by atoms with E-state index in [1.165, 1.54) is 11.8 Å². The van der Waals surface area contributed by atoms with Gasteiger partial charge < -0.3 is 9.67 Å². The monoisotopic (exact) mass is 236 g/mol. The maximum absolute atomic E-state index is 9.04. The highest BCUT2D eigenvalue weighted by atomic mass is 32.2. The molecule has 0 fully saturated rings. The van der Waals surface area contributed by atoms with Gasteiger partial charge in [-0.25, -0.2) is 15.0 Å². The SMILES string of the molecule is Cc1ccnc(Sc2ncc(CO)n2C)n1. The van der Waals surface area contributed by atoms with Crippen LogP contribution in [0, 0.1) is 6.92 Å². The smallest absolute Gasteiger partial charge is 0.195 e. The van der Waals surface area contributed by atoms with Gasteiger partial charge in [-0.3, -0.25) is 0 Å². The number of hydrogen-bond acceptors (Lipinski definition) is 5. The zero-order valence-electron chi connectivity index (χ0n) is 9.08. The molecule has 2 aromatic heterocycles. The second kappa shape index (κ2) is 4.63. The molecule has 0 atom stereocenters. The number of rotatable bonds is 3. The topological polar surface area (TPSA) is 63.8 Å². The third-order valence-electron chi connectivity index (χ3n) is 2.16. The molecular formula is C10H12N4OS. The van der Waals surface area contributed by atoms with Crippen molar-refractivity contribution in [1.29, 1.82) is 0 Å². The molecule has 2 aromatic rings. The summed E-state index contributed by atoms with van der Waals surface area (Å²) in [5, 5.41) is 10.5. The highest BCUT2D eigenvalue weighted by Crippen LogP contribution is 2.23. The average Bonchev–Trinajstić information content (AvgIpc) is 2.60. The maximum Gasteiger partial charge on any atom is 0.195 e. The van der Waals surface area contributed by atoms with Crippen molar-refractivity contribution in [2.75, 3.05) is 0 Å². The molecule has 0 aromatic carbocycles. The Balaban J connectivity index is 2.24. The van der Waals surface area contributed by atoms with Crippen LogP contribution in [0.2, 0.25) is 0 Å². The van der Waals surface area contributed by atoms with E-state index in [2.05, 4.69) is 15.0 Å². The first-order valence-corrected chi connectivity index (χ1v) is 5.61. The molecule has 0 aliphatic rings. The Morgan fingerprint density at radius 3 is 2.88 bits per heavy atom. The van der Waals surface area contributed by atoms with Crippen molar-refractivity contribution in [3.05, 3.63) is 29.8 Å². The van der Waals surface area contributed by atoms with Crippen molar-refractivity contribution in [2.24, 2.45) is 7.05 Å². The zero-order valence-corrected chi connectivity index (χ0v) is 9.90. The molecule has 0 bridgehead atoms. The third kappa shape index (κ3) is 2.23. The van der Waals surface area contributed by atoms with E-state index < -0.39 is 0 Å². The van der Waals surface area contributed by atoms with Gasteiger partial charge in [0, 0.05) is 18.9 Å². The van der Waals surface area contributed by atoms with Crippen LogP contribution >= 0.6 is 11.8 Å². The van der Waals surface area contributed by atoms with Gasteiger partial charge in [-0.2, -0.15) is 0 Å². The lowest BCUT2D eigenvalue weighted by molar-refractivity contribution is 0.271. The van der Waals surface area contributed by atoms with Gasteiger partial charge in [0.05, 0.1) is 18.5 Å². The first kappa shape index (κ1) is 11.1. The molecule has 0 saturated carbocycles. The Morgan fingerprint density at radius 1 is 1.44 bits per heavy atom. The highest BCUT2D eigenvalue weighted by Gasteiger charge is 2.08. The van der Waals surface area contributed by atoms with Crippen LogP contribution in [-0.2, 0) is 13.7 Å². The van der Waals surface area contributed by atoms with Gasteiger partial charge in [-0.15, -0.1) is 0 Å². The minimum absolute atomic E-state index is 0.0151. The average molecular weight is 236 g/mol. The molecule has 6 heteroatoms. The summed E-state index contributed by atoms with van der Waals surface area (Å²) in [6.45, 7) is 1.90. The summed E-state index contributed by atoms with van der Waals surface area (Å²) in [6, 6.07) is 1.85. The van der Waals surface area contributed by atoms with Gasteiger partial charge in [0.15, 0.2) is 10.3 Å². The molecule has 0 amide bonds. The quantitative estimate of drug-likeness (QED) is 0.810. The van der Waals surface area contributed by atoms with Gasteiger partial charge in [-0.1, -0.05) is 0 Å². The van der Waals surface area contributed by atoms with E-state index in [0.29, 0.717) is 5.16 Å². The lowest BCUT2D eigenvalue weighted by atomic mass is 10.5. The molecule has 0 aliphatic heterocycles. The van der Waals surface area contributed by atoms with Crippen LogP contribution in [0.3, 0.4) is 0 Å². The molecule has 0 saturated heterocycles. The van der Waals surface area contributed by atoms with E-state index >= 15 is 0 Å². The molecule has 0 spiro atoms. The molecule has 84 valence electrons. The summed E-state index contributed by atoms with van der Waals surface area (Å²) in [4.78, 5) is 12.6. The Bertz CT molecular complexity index is 497. The Kier molecular flexibility index (Phi) is 3.21. The van der Waals surface area contributed by atoms with Gasteiger partial charge in [0.2, 0.25) is 0 Å². The van der Waals surface area contributed by atoms with Crippen molar-refractivity contribution >= 4 is 11.8 Å². The minimum Gasteiger partial charge on any atom is -0.390 e. The molecular weight excluding hydrogens is 224 g/mol. The van der Waals surface area contributed by atoms with Gasteiger partial charge in [-0.05, 0) is 24.8 Å². The van der Waals surface area contributed by atoms with E-state index in [1.807, 2.05) is 24.6 Å². The lowest BCUT2D eigenvalue weighted by Crippen LogP contribution is -1.98. The summed E-state index contributed by atoms with van der Waals surface area (Å²) in [7, 11) is 1.86. The maximum atomic E-state index is 9.04. The fourth-order valence-corrected chi connectivity index (χ4v) is 2.05. The second-order valence-corrected chi connectivity index (χ2v) is 4.27. The normalized spacial score (nSPS) is 10.7. The Hall–Kier alpha value is -1.40. The van der Waals surface area contributed by atoms with Crippen molar-refractivity contribution in [3.63, 3.8) is 0 Å². The van der Waals surface area contributed by atoms with Crippen molar-refractivity contribution in [1.82, 2.24) is 19.5 Å². The van der Waals surface area contributed by atoms with E-state index in [1.54, 1.807) is 12.4 Å². The Labute approximate surface area is 97.6 Å². The standard InChI is InChI=1S/C10H12N4OS/c1-7-3-4-11-9(13-7)16-10-12-5-8(6-15)14(10)2/h3-5,15H,6H2,1-2H3. The highest BCUT2D eigenvalue weighted by molar-refractivity contribution is 7.99. The van der Waals surface area contributed by atoms with E-state index in [-0.39, 0.29) is 6.61 Å². The number of aromatic nitrogens is 4. The summed E-state index contributed by atoms with van der Waals surface area (Å²) in [5.74, 6) is 0. The first-order valence-electron chi connectivity index (χ1n) is 4.79. The molecule has 0 unspecified atom stereocenters. The fourth-order valence-electron chi connectivity index (χ4n) is 1.22. The fraction of sp³-hybridized carbons (Fsp3) is 0.300. The number of aryl methyl sites for hydroxylation is 1. The number of nitrogens with zero attached hydrogens (tertiary/aromatic N) is 4. The number of aliphatic hydroxyl groups excluding tert-OH is 1. The molecule has 16 heavy (non-hydrogen) atoms. The van der Waals surface area contributed by atoms with Crippen LogP contribution in [0.25, 0.3) is 0 Å². The summed E-state index contributed by atoms with van der Waals surface area (Å²) in [6.07, 6.45) is 3.37. The van der Waals surface area contributed by atoms with Gasteiger partial charge in [0.1, 0.15) is 0 Å². The minimum atomic E-state index is -0.0151. The molecule has 0 radical (unpaired) electrons. The lowest BCUT2D eigenvalue weighted by Gasteiger charge is -2.02. The molecule has 0 aliphatic carbocycles. The number of hydrogen-bond donors (Lipinski definition) is 1. The Morgan fingerprint density at radius 2 is 2.25 bits per heavy atom. The zero-order chi connectivity index (χ0) is 11.5. The number of aliphatic hydroxyl groups is 1. The van der Waals surface area contributed by atoms with Gasteiger partial charge in [0.25, 0.3) is 0 Å². The van der Waals surface area contributed by atoms with Crippen molar-refractivity contribution < 1.29 is 5.11 Å². The summed E-state index contributed by atoms with van der Waals surface area (Å²) in [5.41, 5.74) is 1.70. The molecule has 5 nitrogen and oxygen atoms in total. The van der Waals surface area contributed by atoms with Crippen LogP contribution < -0.4 is 0 Å². The predicted molar refractivity (Wildman–Crippen MR) is 60.0 cm³/mol. The second-order valence-electron chi connectivity index (χ2n) is 3.33. The van der Waals surface area contributed by atoms with E-state index in [9.17, 15) is 0 Å². The first-order chi connectivity index (χ1) is 7.70. The van der Waals surface area contributed by atoms with E-state index in [0.717, 1.165) is 16.5 Å². The van der Waals surface area contributed by atoms with E-state index in [4.69, 9.17) is 5.11 Å². The largest absolute Gasteiger partial charge is 0.390 e. The van der Waals surface area contributed by atoms with Crippen LogP contribution in [-0.4, -0.2) is 24.6 Å².